The van der Waals surface area contributed by atoms with Gasteiger partial charge in [-0.2, -0.15) is 0 Å². The number of rotatable bonds is 5. The van der Waals surface area contributed by atoms with E-state index >= 15 is 0 Å². The van der Waals surface area contributed by atoms with Crippen LogP contribution < -0.4 is 0 Å². The zero-order valence-corrected chi connectivity index (χ0v) is 9.90. The Kier molecular flexibility index (Phi) is 3.88. The van der Waals surface area contributed by atoms with Gasteiger partial charge in [0.1, 0.15) is 0 Å². The molecule has 1 rings (SSSR count). The summed E-state index contributed by atoms with van der Waals surface area (Å²) < 4.78 is 7.14. The molecule has 1 aromatic heterocycles. The molecule has 0 radical (unpaired) electrons. The molecule has 0 fully saturated rings. The van der Waals surface area contributed by atoms with Gasteiger partial charge in [0, 0.05) is 14.2 Å². The second-order valence-electron chi connectivity index (χ2n) is 4.45. The van der Waals surface area contributed by atoms with Gasteiger partial charge in [-0.1, -0.05) is 0 Å². The minimum Gasteiger partial charge on any atom is -0.387 e. The van der Waals surface area contributed by atoms with E-state index in [2.05, 4.69) is 4.98 Å². The molecule has 0 aliphatic rings. The maximum absolute atomic E-state index is 9.93. The quantitative estimate of drug-likeness (QED) is 0.807. The number of methoxy groups -OCH3 is 1. The molecule has 1 atom stereocenters. The van der Waals surface area contributed by atoms with Gasteiger partial charge in [0.15, 0.2) is 0 Å². The van der Waals surface area contributed by atoms with Crippen LogP contribution in [0.25, 0.3) is 0 Å². The lowest BCUT2D eigenvalue weighted by Gasteiger charge is -2.24. The lowest BCUT2D eigenvalue weighted by atomic mass is 9.99. The molecular formula is C11H20N2O2. The molecular weight excluding hydrogens is 192 g/mol. The van der Waals surface area contributed by atoms with Gasteiger partial charge in [-0.25, -0.2) is 4.98 Å². The fraction of sp³-hybridized carbons (Fsp3) is 0.727. The molecule has 4 heteroatoms. The van der Waals surface area contributed by atoms with Crippen LogP contribution in [0.1, 0.15) is 38.5 Å². The first kappa shape index (κ1) is 12.2. The van der Waals surface area contributed by atoms with Gasteiger partial charge < -0.3 is 14.4 Å². The van der Waals surface area contributed by atoms with Crippen LogP contribution in [0.3, 0.4) is 0 Å². The number of ether oxygens (including phenoxy) is 1. The van der Waals surface area contributed by atoms with Gasteiger partial charge in [0.05, 0.1) is 29.9 Å². The van der Waals surface area contributed by atoms with Gasteiger partial charge in [-0.05, 0) is 26.7 Å². The number of hydrogen-bond acceptors (Lipinski definition) is 3. The SMILES string of the molecule is COC(C)(C)CCC(O)c1cncn1C. The highest BCUT2D eigenvalue weighted by Gasteiger charge is 2.20. The van der Waals surface area contributed by atoms with Crippen molar-refractivity contribution >= 4 is 0 Å². The predicted octanol–water partition coefficient (Wildman–Crippen LogP) is 1.66. The maximum Gasteiger partial charge on any atom is 0.0956 e. The summed E-state index contributed by atoms with van der Waals surface area (Å²) in [5.74, 6) is 0. The third-order valence-electron chi connectivity index (χ3n) is 2.77. The van der Waals surface area contributed by atoms with Gasteiger partial charge in [-0.15, -0.1) is 0 Å². The third-order valence-corrected chi connectivity index (χ3v) is 2.77. The maximum atomic E-state index is 9.93. The summed E-state index contributed by atoms with van der Waals surface area (Å²) in [6, 6.07) is 0. The molecule has 0 aliphatic carbocycles. The molecule has 0 saturated carbocycles. The highest BCUT2D eigenvalue weighted by Crippen LogP contribution is 2.23. The zero-order valence-electron chi connectivity index (χ0n) is 9.90. The molecule has 15 heavy (non-hydrogen) atoms. The number of aliphatic hydroxyl groups is 1. The van der Waals surface area contributed by atoms with E-state index < -0.39 is 6.10 Å². The van der Waals surface area contributed by atoms with E-state index in [4.69, 9.17) is 4.74 Å². The van der Waals surface area contributed by atoms with E-state index in [9.17, 15) is 5.11 Å². The number of aromatic nitrogens is 2. The van der Waals surface area contributed by atoms with E-state index in [0.29, 0.717) is 6.42 Å². The summed E-state index contributed by atoms with van der Waals surface area (Å²) >= 11 is 0. The summed E-state index contributed by atoms with van der Waals surface area (Å²) in [7, 11) is 3.57. The Balaban J connectivity index is 2.50. The van der Waals surface area contributed by atoms with Crippen molar-refractivity contribution in [1.82, 2.24) is 9.55 Å². The molecule has 1 N–H and O–H groups in total. The average molecular weight is 212 g/mol. The molecule has 1 unspecified atom stereocenters. The van der Waals surface area contributed by atoms with Crippen LogP contribution in [0.2, 0.25) is 0 Å². The summed E-state index contributed by atoms with van der Waals surface area (Å²) in [4.78, 5) is 3.98. The molecule has 86 valence electrons. The topological polar surface area (TPSA) is 47.3 Å². The second-order valence-corrected chi connectivity index (χ2v) is 4.45. The minimum absolute atomic E-state index is 0.181. The normalized spacial score (nSPS) is 14.2. The predicted molar refractivity (Wildman–Crippen MR) is 58.5 cm³/mol. The lowest BCUT2D eigenvalue weighted by Crippen LogP contribution is -2.23. The minimum atomic E-state index is -0.466. The third kappa shape index (κ3) is 3.32. The van der Waals surface area contributed by atoms with E-state index in [1.807, 2.05) is 25.5 Å². The number of nitrogens with zero attached hydrogens (tertiary/aromatic N) is 2. The monoisotopic (exact) mass is 212 g/mol. The van der Waals surface area contributed by atoms with Crippen LogP contribution in [0.15, 0.2) is 12.5 Å². The lowest BCUT2D eigenvalue weighted by molar-refractivity contribution is 0.00216. The van der Waals surface area contributed by atoms with Crippen molar-refractivity contribution in [2.45, 2.75) is 38.4 Å². The molecule has 0 spiro atoms. The van der Waals surface area contributed by atoms with Crippen molar-refractivity contribution in [2.75, 3.05) is 7.11 Å². The molecule has 0 bridgehead atoms. The van der Waals surface area contributed by atoms with E-state index in [0.717, 1.165) is 12.1 Å². The fourth-order valence-corrected chi connectivity index (χ4v) is 1.42. The molecule has 0 aromatic carbocycles. The van der Waals surface area contributed by atoms with Gasteiger partial charge in [0.2, 0.25) is 0 Å². The first-order chi connectivity index (χ1) is 6.96. The average Bonchev–Trinajstić information content (AvgIpc) is 2.61. The first-order valence-electron chi connectivity index (χ1n) is 5.16. The van der Waals surface area contributed by atoms with Crippen molar-refractivity contribution in [3.63, 3.8) is 0 Å². The Morgan fingerprint density at radius 2 is 2.27 bits per heavy atom. The first-order valence-corrected chi connectivity index (χ1v) is 5.16. The highest BCUT2D eigenvalue weighted by molar-refractivity contribution is 5.01. The molecule has 0 saturated heterocycles. The fourth-order valence-electron chi connectivity index (χ4n) is 1.42. The van der Waals surface area contributed by atoms with E-state index in [-0.39, 0.29) is 5.60 Å². The van der Waals surface area contributed by atoms with E-state index in [1.54, 1.807) is 19.6 Å². The Morgan fingerprint density at radius 3 is 2.73 bits per heavy atom. The number of aliphatic hydroxyl groups excluding tert-OH is 1. The Morgan fingerprint density at radius 1 is 1.60 bits per heavy atom. The standard InChI is InChI=1S/C11H20N2O2/c1-11(2,15-4)6-5-10(14)9-7-12-8-13(9)3/h7-8,10,14H,5-6H2,1-4H3. The highest BCUT2D eigenvalue weighted by atomic mass is 16.5. The Bertz CT molecular complexity index is 307. The zero-order chi connectivity index (χ0) is 11.5. The van der Waals surface area contributed by atoms with Crippen LogP contribution in [-0.4, -0.2) is 27.4 Å². The largest absolute Gasteiger partial charge is 0.387 e. The second kappa shape index (κ2) is 4.77. The number of hydrogen-bond donors (Lipinski definition) is 1. The molecule has 1 heterocycles. The summed E-state index contributed by atoms with van der Waals surface area (Å²) in [5.41, 5.74) is 0.668. The van der Waals surface area contributed by atoms with Crippen LogP contribution in [-0.2, 0) is 11.8 Å². The van der Waals surface area contributed by atoms with Crippen molar-refractivity contribution in [3.8, 4) is 0 Å². The van der Waals surface area contributed by atoms with Gasteiger partial charge in [-0.3, -0.25) is 0 Å². The van der Waals surface area contributed by atoms with Gasteiger partial charge >= 0.3 is 0 Å². The number of aryl methyl sites for hydroxylation is 1. The summed E-state index contributed by atoms with van der Waals surface area (Å²) in [6.07, 6.45) is 4.42. The van der Waals surface area contributed by atoms with Crippen molar-refractivity contribution in [3.05, 3.63) is 18.2 Å². The molecule has 0 amide bonds. The Labute approximate surface area is 90.9 Å². The number of imidazole rings is 1. The molecule has 0 aliphatic heterocycles. The van der Waals surface area contributed by atoms with Crippen molar-refractivity contribution < 1.29 is 9.84 Å². The van der Waals surface area contributed by atoms with Crippen LogP contribution in [0, 0.1) is 0 Å². The van der Waals surface area contributed by atoms with E-state index in [1.165, 1.54) is 0 Å². The molecule has 4 nitrogen and oxygen atoms in total. The van der Waals surface area contributed by atoms with Crippen LogP contribution >= 0.6 is 0 Å². The molecule has 1 aromatic rings. The summed E-state index contributed by atoms with van der Waals surface area (Å²) in [6.45, 7) is 4.03. The Hall–Kier alpha value is -0.870. The smallest absolute Gasteiger partial charge is 0.0956 e. The van der Waals surface area contributed by atoms with Crippen LogP contribution in [0.5, 0.6) is 0 Å². The summed E-state index contributed by atoms with van der Waals surface area (Å²) in [5, 5.41) is 9.93. The van der Waals surface area contributed by atoms with Crippen LogP contribution in [0.4, 0.5) is 0 Å². The van der Waals surface area contributed by atoms with Crippen molar-refractivity contribution in [1.29, 1.82) is 0 Å². The van der Waals surface area contributed by atoms with Crippen molar-refractivity contribution in [2.24, 2.45) is 7.05 Å². The van der Waals surface area contributed by atoms with Gasteiger partial charge in [0.25, 0.3) is 0 Å².